The predicted molar refractivity (Wildman–Crippen MR) is 96.2 cm³/mol. The molecule has 4 N–H and O–H groups in total. The van der Waals surface area contributed by atoms with Gasteiger partial charge in [0.15, 0.2) is 0 Å². The van der Waals surface area contributed by atoms with E-state index in [0.29, 0.717) is 31.9 Å². The van der Waals surface area contributed by atoms with E-state index in [-0.39, 0.29) is 17.7 Å². The Balaban J connectivity index is 1.91. The van der Waals surface area contributed by atoms with E-state index in [0.717, 1.165) is 16.7 Å². The molecule has 0 radical (unpaired) electrons. The molecule has 0 aliphatic carbocycles. The van der Waals surface area contributed by atoms with Gasteiger partial charge in [0.1, 0.15) is 18.1 Å². The molecule has 3 aromatic heterocycles. The molecule has 1 aliphatic rings. The van der Waals surface area contributed by atoms with Gasteiger partial charge in [-0.05, 0) is 18.2 Å². The van der Waals surface area contributed by atoms with Crippen molar-refractivity contribution in [1.29, 1.82) is 0 Å². The van der Waals surface area contributed by atoms with E-state index in [4.69, 9.17) is 15.2 Å². The highest BCUT2D eigenvalue weighted by molar-refractivity contribution is 5.78. The number of H-pyrrole nitrogens is 1. The Morgan fingerprint density at radius 3 is 3.23 bits per heavy atom. The Morgan fingerprint density at radius 1 is 1.50 bits per heavy atom. The third kappa shape index (κ3) is 2.80. The molecule has 0 fully saturated rings. The fraction of sp³-hybridized carbons (Fsp3) is 0.353. The molecule has 136 valence electrons. The second-order valence-corrected chi connectivity index (χ2v) is 6.04. The van der Waals surface area contributed by atoms with Gasteiger partial charge in [0.05, 0.1) is 18.2 Å². The summed E-state index contributed by atoms with van der Waals surface area (Å²) in [4.78, 5) is 22.7. The second-order valence-electron chi connectivity index (χ2n) is 6.04. The highest BCUT2D eigenvalue weighted by atomic mass is 16.5. The molecule has 1 atom stereocenters. The number of nitrogens with two attached hydrogens (primary N) is 1. The van der Waals surface area contributed by atoms with Gasteiger partial charge in [-0.2, -0.15) is 4.98 Å². The summed E-state index contributed by atoms with van der Waals surface area (Å²) >= 11 is 0. The topological polar surface area (TPSA) is 120 Å². The van der Waals surface area contributed by atoms with Gasteiger partial charge >= 0.3 is 5.69 Å². The van der Waals surface area contributed by atoms with Crippen LogP contribution in [0.4, 0.5) is 5.82 Å². The Labute approximate surface area is 149 Å². The van der Waals surface area contributed by atoms with Gasteiger partial charge in [-0.15, -0.1) is 0 Å². The van der Waals surface area contributed by atoms with Gasteiger partial charge < -0.3 is 25.1 Å². The van der Waals surface area contributed by atoms with Crippen molar-refractivity contribution in [3.63, 3.8) is 0 Å². The highest BCUT2D eigenvalue weighted by Crippen LogP contribution is 2.35. The largest absolute Gasteiger partial charge is 0.476 e. The van der Waals surface area contributed by atoms with Gasteiger partial charge in [-0.1, -0.05) is 0 Å². The smallest absolute Gasteiger partial charge is 0.349 e. The first kappa shape index (κ1) is 16.6. The molecule has 0 amide bonds. The van der Waals surface area contributed by atoms with Crippen LogP contribution in [0.25, 0.3) is 11.0 Å². The summed E-state index contributed by atoms with van der Waals surface area (Å²) in [6, 6.07) is 5.69. The number of nitrogen functional groups attached to an aromatic ring is 1. The molecule has 0 saturated heterocycles. The molecular formula is C17H20N6O3. The lowest BCUT2D eigenvalue weighted by Gasteiger charge is -2.21. The Bertz CT molecular complexity index is 996. The Morgan fingerprint density at radius 2 is 2.38 bits per heavy atom. The number of aromatic amines is 1. The molecular weight excluding hydrogens is 336 g/mol. The molecule has 9 nitrogen and oxygen atoms in total. The predicted octanol–water partition coefficient (Wildman–Crippen LogP) is 0.420. The lowest BCUT2D eigenvalue weighted by Crippen LogP contribution is -2.28. The molecule has 0 spiro atoms. The van der Waals surface area contributed by atoms with Crippen molar-refractivity contribution in [2.45, 2.75) is 12.6 Å². The molecule has 3 aromatic rings. The third-order valence-corrected chi connectivity index (χ3v) is 4.45. The minimum Gasteiger partial charge on any atom is -0.476 e. The van der Waals surface area contributed by atoms with Gasteiger partial charge in [-0.3, -0.25) is 4.98 Å². The maximum absolute atomic E-state index is 11.7. The van der Waals surface area contributed by atoms with Crippen molar-refractivity contribution in [1.82, 2.24) is 24.8 Å². The minimum absolute atomic E-state index is 0.246. The molecule has 9 heteroatoms. The fourth-order valence-electron chi connectivity index (χ4n) is 3.34. The number of hydrogen-bond donors (Lipinski definition) is 3. The zero-order chi connectivity index (χ0) is 18.1. The maximum Gasteiger partial charge on any atom is 0.349 e. The monoisotopic (exact) mass is 356 g/mol. The summed E-state index contributed by atoms with van der Waals surface area (Å²) in [7, 11) is 1.67. The molecule has 4 rings (SSSR count). The molecule has 4 heterocycles. The number of pyridine rings is 1. The quantitative estimate of drug-likeness (QED) is 0.619. The van der Waals surface area contributed by atoms with Crippen molar-refractivity contribution >= 4 is 16.9 Å². The second kappa shape index (κ2) is 6.77. The zero-order valence-corrected chi connectivity index (χ0v) is 14.4. The number of rotatable bonds is 4. The molecule has 0 saturated carbocycles. The molecule has 26 heavy (non-hydrogen) atoms. The highest BCUT2D eigenvalue weighted by Gasteiger charge is 2.29. The van der Waals surface area contributed by atoms with Crippen LogP contribution in [0.1, 0.15) is 17.3 Å². The van der Waals surface area contributed by atoms with Gasteiger partial charge in [-0.25, -0.2) is 9.78 Å². The van der Waals surface area contributed by atoms with Crippen molar-refractivity contribution in [2.24, 2.45) is 0 Å². The summed E-state index contributed by atoms with van der Waals surface area (Å²) in [6.07, 6.45) is 1.76. The summed E-state index contributed by atoms with van der Waals surface area (Å²) in [5.41, 5.74) is 8.05. The first-order chi connectivity index (χ1) is 12.7. The number of ether oxygens (including phenoxy) is 2. The molecule has 0 bridgehead atoms. The number of fused-ring (bicyclic) bond motifs is 2. The van der Waals surface area contributed by atoms with Gasteiger partial charge in [0.25, 0.3) is 0 Å². The van der Waals surface area contributed by atoms with Crippen LogP contribution >= 0.6 is 0 Å². The van der Waals surface area contributed by atoms with Gasteiger partial charge in [0, 0.05) is 37.5 Å². The van der Waals surface area contributed by atoms with E-state index in [2.05, 4.69) is 30.9 Å². The normalized spacial score (nSPS) is 16.9. The van der Waals surface area contributed by atoms with E-state index in [1.165, 1.54) is 0 Å². The standard InChI is InChI=1S/C17H20N6O3/c1-25-8-6-23-11(9-10-3-2-4-20-15(10)23)13-12-14(18)21-17(24)22-16(12)26-7-5-19-13/h2-4,9,13,19H,5-8H2,1H3,(H3,18,21,22,24). The number of aromatic nitrogens is 4. The maximum atomic E-state index is 11.7. The van der Waals surface area contributed by atoms with Crippen molar-refractivity contribution in [3.05, 3.63) is 46.1 Å². The van der Waals surface area contributed by atoms with Crippen molar-refractivity contribution in [2.75, 3.05) is 32.6 Å². The Kier molecular flexibility index (Phi) is 4.31. The third-order valence-electron chi connectivity index (χ3n) is 4.45. The van der Waals surface area contributed by atoms with Crippen LogP contribution in [0.5, 0.6) is 5.88 Å². The van der Waals surface area contributed by atoms with Crippen LogP contribution in [0.3, 0.4) is 0 Å². The summed E-state index contributed by atoms with van der Waals surface area (Å²) in [5.74, 6) is 0.508. The summed E-state index contributed by atoms with van der Waals surface area (Å²) in [6.45, 7) is 2.17. The molecule has 0 aromatic carbocycles. The van der Waals surface area contributed by atoms with E-state index >= 15 is 0 Å². The average Bonchev–Trinajstić information content (AvgIpc) is 2.85. The average molecular weight is 356 g/mol. The van der Waals surface area contributed by atoms with Crippen LogP contribution in [0, 0.1) is 0 Å². The van der Waals surface area contributed by atoms with Crippen molar-refractivity contribution in [3.8, 4) is 5.88 Å². The van der Waals surface area contributed by atoms with Crippen LogP contribution in [-0.2, 0) is 11.3 Å². The number of hydrogen-bond acceptors (Lipinski definition) is 7. The fourth-order valence-corrected chi connectivity index (χ4v) is 3.34. The minimum atomic E-state index is -0.525. The lowest BCUT2D eigenvalue weighted by molar-refractivity contribution is 0.187. The molecule has 1 unspecified atom stereocenters. The van der Waals surface area contributed by atoms with Crippen LogP contribution in [0.2, 0.25) is 0 Å². The van der Waals surface area contributed by atoms with Crippen LogP contribution in [-0.4, -0.2) is 46.4 Å². The lowest BCUT2D eigenvalue weighted by atomic mass is 10.1. The summed E-state index contributed by atoms with van der Waals surface area (Å²) < 4.78 is 13.0. The number of methoxy groups -OCH3 is 1. The van der Waals surface area contributed by atoms with E-state index < -0.39 is 5.69 Å². The number of nitrogens with one attached hydrogen (secondary N) is 2. The molecule has 1 aliphatic heterocycles. The SMILES string of the molecule is COCCn1c(C2NCCOc3nc(=O)[nH]c(N)c32)cc2cccnc21. The summed E-state index contributed by atoms with van der Waals surface area (Å²) in [5, 5.41) is 4.45. The van der Waals surface area contributed by atoms with E-state index in [1.807, 2.05) is 12.1 Å². The Hall–Kier alpha value is -2.91. The number of nitrogens with zero attached hydrogens (tertiary/aromatic N) is 3. The van der Waals surface area contributed by atoms with Gasteiger partial charge in [0.2, 0.25) is 5.88 Å². The van der Waals surface area contributed by atoms with Crippen molar-refractivity contribution < 1.29 is 9.47 Å². The first-order valence-electron chi connectivity index (χ1n) is 8.38. The van der Waals surface area contributed by atoms with Crippen LogP contribution in [0.15, 0.2) is 29.2 Å². The van der Waals surface area contributed by atoms with Crippen LogP contribution < -0.4 is 21.5 Å². The van der Waals surface area contributed by atoms with E-state index in [1.54, 1.807) is 13.3 Å². The van der Waals surface area contributed by atoms with E-state index in [9.17, 15) is 4.79 Å². The first-order valence-corrected chi connectivity index (χ1v) is 8.38. The number of anilines is 1. The zero-order valence-electron chi connectivity index (χ0n) is 14.4.